The van der Waals surface area contributed by atoms with Gasteiger partial charge in [-0.25, -0.2) is 0 Å². The van der Waals surface area contributed by atoms with Gasteiger partial charge >= 0.3 is 0 Å². The maximum Gasteiger partial charge on any atom is 0.254 e. The van der Waals surface area contributed by atoms with E-state index in [-0.39, 0.29) is 11.8 Å². The first-order chi connectivity index (χ1) is 15.4. The van der Waals surface area contributed by atoms with Crippen LogP contribution in [0.15, 0.2) is 22.7 Å². The molecule has 0 unspecified atom stereocenters. The number of rotatable bonds is 9. The van der Waals surface area contributed by atoms with Crippen LogP contribution in [0.5, 0.6) is 11.5 Å². The Balaban J connectivity index is 1.57. The number of hydrogen-bond acceptors (Lipinski definition) is 7. The Hall–Kier alpha value is -3.07. The molecule has 2 heterocycles. The number of carbonyl (C=O) groups is 2. The van der Waals surface area contributed by atoms with E-state index in [0.29, 0.717) is 62.9 Å². The second-order valence-electron chi connectivity index (χ2n) is 7.88. The molecule has 1 N–H and O–H groups in total. The molecule has 1 aromatic carbocycles. The van der Waals surface area contributed by atoms with Crippen molar-refractivity contribution in [3.63, 3.8) is 0 Å². The van der Waals surface area contributed by atoms with Crippen LogP contribution >= 0.6 is 0 Å². The van der Waals surface area contributed by atoms with Gasteiger partial charge in [-0.2, -0.15) is 0 Å². The van der Waals surface area contributed by atoms with Crippen molar-refractivity contribution in [3.8, 4) is 11.5 Å². The van der Waals surface area contributed by atoms with Gasteiger partial charge in [0.25, 0.3) is 5.91 Å². The third kappa shape index (κ3) is 5.79. The molecule has 3 rings (SSSR count). The highest BCUT2D eigenvalue weighted by Gasteiger charge is 2.24. The molecule has 174 valence electrons. The van der Waals surface area contributed by atoms with E-state index in [1.807, 2.05) is 20.8 Å². The number of piperazine rings is 1. The number of ether oxygens (including phenoxy) is 2. The molecule has 0 atom stereocenters. The second-order valence-corrected chi connectivity index (χ2v) is 7.88. The maximum absolute atomic E-state index is 13.0. The third-order valence-electron chi connectivity index (χ3n) is 5.56. The van der Waals surface area contributed by atoms with Crippen molar-refractivity contribution < 1.29 is 23.6 Å². The molecule has 9 nitrogen and oxygen atoms in total. The minimum Gasteiger partial charge on any atom is -0.493 e. The number of nitrogens with zero attached hydrogens (tertiary/aromatic N) is 3. The van der Waals surface area contributed by atoms with Crippen molar-refractivity contribution in [3.05, 3.63) is 40.8 Å². The highest BCUT2D eigenvalue weighted by molar-refractivity contribution is 5.95. The largest absolute Gasteiger partial charge is 0.493 e. The fourth-order valence-corrected chi connectivity index (χ4v) is 3.59. The summed E-state index contributed by atoms with van der Waals surface area (Å²) in [5, 5.41) is 6.82. The smallest absolute Gasteiger partial charge is 0.254 e. The lowest BCUT2D eigenvalue weighted by molar-refractivity contribution is -0.122. The zero-order chi connectivity index (χ0) is 23.1. The van der Waals surface area contributed by atoms with E-state index >= 15 is 0 Å². The van der Waals surface area contributed by atoms with Gasteiger partial charge in [-0.1, -0.05) is 12.1 Å². The molecule has 1 aromatic heterocycles. The predicted molar refractivity (Wildman–Crippen MR) is 119 cm³/mol. The van der Waals surface area contributed by atoms with Crippen LogP contribution in [0.25, 0.3) is 0 Å². The zero-order valence-electron chi connectivity index (χ0n) is 19.3. The summed E-state index contributed by atoms with van der Waals surface area (Å²) in [6.07, 6.45) is 0.918. The van der Waals surface area contributed by atoms with Crippen molar-refractivity contribution in [2.24, 2.45) is 0 Å². The average molecular weight is 445 g/mol. The Labute approximate surface area is 188 Å². The van der Waals surface area contributed by atoms with E-state index in [1.54, 1.807) is 30.2 Å². The molecule has 2 aromatic rings. The number of methoxy groups -OCH3 is 1. The quantitative estimate of drug-likeness (QED) is 0.633. The second kappa shape index (κ2) is 11.0. The Morgan fingerprint density at radius 1 is 1.16 bits per heavy atom. The Morgan fingerprint density at radius 2 is 1.91 bits per heavy atom. The summed E-state index contributed by atoms with van der Waals surface area (Å²) in [6.45, 7) is 9.58. The summed E-state index contributed by atoms with van der Waals surface area (Å²) < 4.78 is 16.5. The van der Waals surface area contributed by atoms with Crippen LogP contribution in [0, 0.1) is 13.8 Å². The fourth-order valence-electron chi connectivity index (χ4n) is 3.59. The first kappa shape index (κ1) is 23.6. The summed E-state index contributed by atoms with van der Waals surface area (Å²) in [4.78, 5) is 28.8. The summed E-state index contributed by atoms with van der Waals surface area (Å²) in [5.74, 6) is 1.73. The van der Waals surface area contributed by atoms with Gasteiger partial charge in [-0.15, -0.1) is 0 Å². The lowest BCUT2D eigenvalue weighted by Crippen LogP contribution is -2.51. The minimum atomic E-state index is -0.0596. The lowest BCUT2D eigenvalue weighted by Gasteiger charge is -2.34. The van der Waals surface area contributed by atoms with Crippen molar-refractivity contribution in [2.75, 3.05) is 46.4 Å². The topological polar surface area (TPSA) is 97.1 Å². The number of carbonyl (C=O) groups excluding carboxylic acids is 2. The van der Waals surface area contributed by atoms with Crippen LogP contribution in [0.4, 0.5) is 0 Å². The van der Waals surface area contributed by atoms with Crippen molar-refractivity contribution >= 4 is 11.8 Å². The van der Waals surface area contributed by atoms with Gasteiger partial charge in [0.2, 0.25) is 5.91 Å². The van der Waals surface area contributed by atoms with Gasteiger partial charge < -0.3 is 24.2 Å². The van der Waals surface area contributed by atoms with E-state index in [2.05, 4.69) is 15.4 Å². The molecule has 1 aliphatic heterocycles. The van der Waals surface area contributed by atoms with Crippen LogP contribution in [0.1, 0.15) is 40.7 Å². The highest BCUT2D eigenvalue weighted by atomic mass is 16.5. The average Bonchev–Trinajstić information content (AvgIpc) is 3.13. The standard InChI is InChI=1S/C23H32N4O5/c1-5-8-24-22(28)14-26-9-11-27(12-10-26)23(29)18-6-7-20(21(13-18)30-4)31-15-19-16(2)25-32-17(19)3/h6-7,13H,5,8-12,14-15H2,1-4H3,(H,24,28). The molecule has 1 fully saturated rings. The molecular weight excluding hydrogens is 412 g/mol. The van der Waals surface area contributed by atoms with E-state index in [1.165, 1.54) is 0 Å². The third-order valence-corrected chi connectivity index (χ3v) is 5.56. The van der Waals surface area contributed by atoms with E-state index in [4.69, 9.17) is 14.0 Å². The first-order valence-corrected chi connectivity index (χ1v) is 10.9. The Morgan fingerprint density at radius 3 is 2.53 bits per heavy atom. The minimum absolute atomic E-state index is 0.0311. The normalized spacial score (nSPS) is 14.3. The molecule has 32 heavy (non-hydrogen) atoms. The van der Waals surface area contributed by atoms with Gasteiger partial charge in [-0.05, 0) is 38.5 Å². The number of nitrogens with one attached hydrogen (secondary N) is 1. The number of benzene rings is 1. The SMILES string of the molecule is CCCNC(=O)CN1CCN(C(=O)c2ccc(OCc3c(C)noc3C)c(OC)c2)CC1. The van der Waals surface area contributed by atoms with Crippen LogP contribution in [-0.2, 0) is 11.4 Å². The van der Waals surface area contributed by atoms with Crippen LogP contribution in [0.2, 0.25) is 0 Å². The number of hydrogen-bond donors (Lipinski definition) is 1. The molecule has 9 heteroatoms. The number of aryl methyl sites for hydroxylation is 2. The summed E-state index contributed by atoms with van der Waals surface area (Å²) in [7, 11) is 1.55. The molecule has 1 aliphatic rings. The van der Waals surface area contributed by atoms with Gasteiger partial charge in [0, 0.05) is 38.3 Å². The van der Waals surface area contributed by atoms with Gasteiger partial charge in [0.1, 0.15) is 12.4 Å². The van der Waals surface area contributed by atoms with Gasteiger partial charge in [0.05, 0.1) is 24.9 Å². The van der Waals surface area contributed by atoms with Crippen molar-refractivity contribution in [1.82, 2.24) is 20.3 Å². The Bertz CT molecular complexity index is 915. The van der Waals surface area contributed by atoms with Crippen LogP contribution in [0.3, 0.4) is 0 Å². The van der Waals surface area contributed by atoms with E-state index in [9.17, 15) is 9.59 Å². The molecule has 0 saturated carbocycles. The van der Waals surface area contributed by atoms with E-state index < -0.39 is 0 Å². The maximum atomic E-state index is 13.0. The van der Waals surface area contributed by atoms with Gasteiger partial charge in [-0.3, -0.25) is 14.5 Å². The van der Waals surface area contributed by atoms with Crippen LogP contribution in [-0.4, -0.2) is 73.1 Å². The summed E-state index contributed by atoms with van der Waals surface area (Å²) >= 11 is 0. The fraction of sp³-hybridized carbons (Fsp3) is 0.522. The van der Waals surface area contributed by atoms with Crippen molar-refractivity contribution in [2.45, 2.75) is 33.8 Å². The highest BCUT2D eigenvalue weighted by Crippen LogP contribution is 2.30. The Kier molecular flexibility index (Phi) is 8.10. The molecular formula is C23H32N4O5. The van der Waals surface area contributed by atoms with Gasteiger partial charge in [0.15, 0.2) is 11.5 Å². The number of amides is 2. The summed E-state index contributed by atoms with van der Waals surface area (Å²) in [5.41, 5.74) is 2.23. The van der Waals surface area contributed by atoms with Crippen LogP contribution < -0.4 is 14.8 Å². The zero-order valence-corrected chi connectivity index (χ0v) is 19.3. The first-order valence-electron chi connectivity index (χ1n) is 10.9. The number of aromatic nitrogens is 1. The molecule has 1 saturated heterocycles. The molecule has 2 amide bonds. The molecule has 0 spiro atoms. The monoisotopic (exact) mass is 444 g/mol. The molecule has 0 bridgehead atoms. The molecule has 0 radical (unpaired) electrons. The summed E-state index contributed by atoms with van der Waals surface area (Å²) in [6, 6.07) is 5.20. The molecule has 0 aliphatic carbocycles. The van der Waals surface area contributed by atoms with Crippen molar-refractivity contribution in [1.29, 1.82) is 0 Å². The van der Waals surface area contributed by atoms with E-state index in [0.717, 1.165) is 23.4 Å². The predicted octanol–water partition coefficient (Wildman–Crippen LogP) is 2.16. The lowest BCUT2D eigenvalue weighted by atomic mass is 10.1.